The monoisotopic (exact) mass is 329 g/mol. The van der Waals surface area contributed by atoms with Crippen LogP contribution in [0, 0.1) is 13.8 Å². The number of nitrogens with one attached hydrogen (secondary N) is 2. The minimum Gasteiger partial charge on any atom is -0.273 e. The van der Waals surface area contributed by atoms with E-state index in [2.05, 4.69) is 47.9 Å². The summed E-state index contributed by atoms with van der Waals surface area (Å²) in [5.41, 5.74) is 7.68. The summed E-state index contributed by atoms with van der Waals surface area (Å²) < 4.78 is 0. The van der Waals surface area contributed by atoms with E-state index in [1.54, 1.807) is 30.1 Å². The Bertz CT molecular complexity index is 689. The van der Waals surface area contributed by atoms with Crippen LogP contribution in [0.3, 0.4) is 0 Å². The van der Waals surface area contributed by atoms with Crippen molar-refractivity contribution in [3.63, 3.8) is 0 Å². The van der Waals surface area contributed by atoms with Crippen LogP contribution in [-0.4, -0.2) is 22.6 Å². The van der Waals surface area contributed by atoms with Gasteiger partial charge in [0.2, 0.25) is 5.91 Å². The Morgan fingerprint density at radius 1 is 1.13 bits per heavy atom. The smallest absolute Gasteiger partial charge is 0.271 e. The molecule has 1 aromatic heterocycles. The standard InChI is InChI=1S/C17H19N3O2S/c1-12-5-6-15(10-13(12)2)23-9-7-16(21)19-20-17(22)14-4-3-8-18-11-14/h3-6,8,10-11H,7,9H2,1-2H3,(H,19,21)(H,20,22). The summed E-state index contributed by atoms with van der Waals surface area (Å²) in [5.74, 6) is 0.0451. The molecule has 2 rings (SSSR count). The zero-order valence-corrected chi connectivity index (χ0v) is 13.9. The molecule has 2 aromatic rings. The van der Waals surface area contributed by atoms with Crippen LogP contribution in [0.25, 0.3) is 0 Å². The van der Waals surface area contributed by atoms with Crippen molar-refractivity contribution in [1.82, 2.24) is 15.8 Å². The molecule has 0 bridgehead atoms. The minimum atomic E-state index is -0.381. The quantitative estimate of drug-likeness (QED) is 0.653. The van der Waals surface area contributed by atoms with Crippen molar-refractivity contribution in [1.29, 1.82) is 0 Å². The lowest BCUT2D eigenvalue weighted by atomic mass is 10.1. The number of benzene rings is 1. The molecule has 0 unspecified atom stereocenters. The van der Waals surface area contributed by atoms with Crippen LogP contribution in [0.5, 0.6) is 0 Å². The Morgan fingerprint density at radius 3 is 2.65 bits per heavy atom. The number of hydrazine groups is 1. The number of rotatable bonds is 5. The van der Waals surface area contributed by atoms with Gasteiger partial charge in [0.05, 0.1) is 5.56 Å². The van der Waals surface area contributed by atoms with Crippen LogP contribution in [-0.2, 0) is 4.79 Å². The van der Waals surface area contributed by atoms with E-state index in [1.807, 2.05) is 0 Å². The molecular weight excluding hydrogens is 310 g/mol. The lowest BCUT2D eigenvalue weighted by Crippen LogP contribution is -2.41. The molecule has 0 aliphatic rings. The van der Waals surface area contributed by atoms with Crippen molar-refractivity contribution in [2.24, 2.45) is 0 Å². The van der Waals surface area contributed by atoms with E-state index in [4.69, 9.17) is 0 Å². The van der Waals surface area contributed by atoms with Gasteiger partial charge >= 0.3 is 0 Å². The lowest BCUT2D eigenvalue weighted by molar-refractivity contribution is -0.121. The van der Waals surface area contributed by atoms with Crippen molar-refractivity contribution in [2.45, 2.75) is 25.2 Å². The number of aromatic nitrogens is 1. The third-order valence-corrected chi connectivity index (χ3v) is 4.31. The van der Waals surface area contributed by atoms with E-state index in [0.717, 1.165) is 4.90 Å². The molecule has 5 nitrogen and oxygen atoms in total. The molecular formula is C17H19N3O2S. The first kappa shape index (κ1) is 17.0. The lowest BCUT2D eigenvalue weighted by Gasteiger charge is -2.08. The van der Waals surface area contributed by atoms with Gasteiger partial charge in [0.15, 0.2) is 0 Å². The van der Waals surface area contributed by atoms with E-state index >= 15 is 0 Å². The molecule has 0 aliphatic carbocycles. The molecule has 0 aliphatic heterocycles. The van der Waals surface area contributed by atoms with Crippen LogP contribution >= 0.6 is 11.8 Å². The van der Waals surface area contributed by atoms with Gasteiger partial charge in [-0.3, -0.25) is 25.4 Å². The second kappa shape index (κ2) is 8.33. The Balaban J connectivity index is 1.71. The Hall–Kier alpha value is -2.34. The maximum Gasteiger partial charge on any atom is 0.271 e. The number of thioether (sulfide) groups is 1. The van der Waals surface area contributed by atoms with Crippen molar-refractivity contribution in [2.75, 3.05) is 5.75 Å². The van der Waals surface area contributed by atoms with Crippen LogP contribution in [0.15, 0.2) is 47.6 Å². The first-order valence-electron chi connectivity index (χ1n) is 7.25. The van der Waals surface area contributed by atoms with E-state index in [9.17, 15) is 9.59 Å². The zero-order chi connectivity index (χ0) is 16.7. The van der Waals surface area contributed by atoms with E-state index in [0.29, 0.717) is 17.7 Å². The summed E-state index contributed by atoms with van der Waals surface area (Å²) in [4.78, 5) is 28.5. The average molecular weight is 329 g/mol. The SMILES string of the molecule is Cc1ccc(SCCC(=O)NNC(=O)c2cccnc2)cc1C. The second-order valence-corrected chi connectivity index (χ2v) is 6.26. The maximum absolute atomic E-state index is 11.7. The number of carbonyl (C=O) groups excluding carboxylic acids is 2. The van der Waals surface area contributed by atoms with Gasteiger partial charge in [-0.25, -0.2) is 0 Å². The summed E-state index contributed by atoms with van der Waals surface area (Å²) in [7, 11) is 0. The minimum absolute atomic E-state index is 0.224. The molecule has 23 heavy (non-hydrogen) atoms. The van der Waals surface area contributed by atoms with Gasteiger partial charge in [-0.2, -0.15) is 0 Å². The molecule has 0 fully saturated rings. The van der Waals surface area contributed by atoms with Gasteiger partial charge in [0, 0.05) is 29.5 Å². The number of amides is 2. The van der Waals surface area contributed by atoms with Gasteiger partial charge in [-0.05, 0) is 49.2 Å². The molecule has 0 saturated carbocycles. The highest BCUT2D eigenvalue weighted by molar-refractivity contribution is 7.99. The maximum atomic E-state index is 11.7. The van der Waals surface area contributed by atoms with Gasteiger partial charge in [-0.15, -0.1) is 11.8 Å². The molecule has 120 valence electrons. The fourth-order valence-corrected chi connectivity index (χ4v) is 2.77. The molecule has 1 aromatic carbocycles. The fourth-order valence-electron chi connectivity index (χ4n) is 1.82. The molecule has 6 heteroatoms. The number of hydrogen-bond donors (Lipinski definition) is 2. The van der Waals surface area contributed by atoms with Gasteiger partial charge in [0.25, 0.3) is 5.91 Å². The predicted molar refractivity (Wildman–Crippen MR) is 91.1 cm³/mol. The highest BCUT2D eigenvalue weighted by Gasteiger charge is 2.07. The number of carbonyl (C=O) groups is 2. The highest BCUT2D eigenvalue weighted by atomic mass is 32.2. The third-order valence-electron chi connectivity index (χ3n) is 3.32. The van der Waals surface area contributed by atoms with Gasteiger partial charge in [0.1, 0.15) is 0 Å². The zero-order valence-electron chi connectivity index (χ0n) is 13.1. The van der Waals surface area contributed by atoms with Gasteiger partial charge in [-0.1, -0.05) is 6.07 Å². The van der Waals surface area contributed by atoms with E-state index < -0.39 is 0 Å². The Kier molecular flexibility index (Phi) is 6.17. The third kappa shape index (κ3) is 5.41. The van der Waals surface area contributed by atoms with Crippen LogP contribution in [0.2, 0.25) is 0 Å². The predicted octanol–water partition coefficient (Wildman–Crippen LogP) is 2.64. The molecule has 0 spiro atoms. The molecule has 2 amide bonds. The number of aryl methyl sites for hydroxylation is 2. The fraction of sp³-hybridized carbons (Fsp3) is 0.235. The summed E-state index contributed by atoms with van der Waals surface area (Å²) in [5, 5.41) is 0. The number of hydrogen-bond acceptors (Lipinski definition) is 4. The topological polar surface area (TPSA) is 71.1 Å². The van der Waals surface area contributed by atoms with Crippen molar-refractivity contribution in [3.8, 4) is 0 Å². The molecule has 2 N–H and O–H groups in total. The first-order valence-corrected chi connectivity index (χ1v) is 8.24. The Labute approximate surface area is 139 Å². The summed E-state index contributed by atoms with van der Waals surface area (Å²) in [6.45, 7) is 4.14. The Morgan fingerprint density at radius 2 is 1.96 bits per heavy atom. The summed E-state index contributed by atoms with van der Waals surface area (Å²) in [6.07, 6.45) is 3.35. The van der Waals surface area contributed by atoms with Crippen LogP contribution < -0.4 is 10.9 Å². The van der Waals surface area contributed by atoms with Crippen molar-refractivity contribution < 1.29 is 9.59 Å². The summed E-state index contributed by atoms with van der Waals surface area (Å²) in [6, 6.07) is 9.53. The average Bonchev–Trinajstić information content (AvgIpc) is 2.56. The van der Waals surface area contributed by atoms with E-state index in [1.165, 1.54) is 17.3 Å². The summed E-state index contributed by atoms with van der Waals surface area (Å²) >= 11 is 1.62. The van der Waals surface area contributed by atoms with Gasteiger partial charge < -0.3 is 0 Å². The van der Waals surface area contributed by atoms with Crippen molar-refractivity contribution >= 4 is 23.6 Å². The van der Waals surface area contributed by atoms with E-state index in [-0.39, 0.29) is 11.8 Å². The normalized spacial score (nSPS) is 10.2. The molecule has 0 saturated heterocycles. The first-order chi connectivity index (χ1) is 11.1. The number of pyridine rings is 1. The second-order valence-electron chi connectivity index (χ2n) is 5.09. The molecule has 0 radical (unpaired) electrons. The largest absolute Gasteiger partial charge is 0.273 e. The van der Waals surface area contributed by atoms with Crippen molar-refractivity contribution in [3.05, 3.63) is 59.4 Å². The number of nitrogens with zero attached hydrogens (tertiary/aromatic N) is 1. The van der Waals surface area contributed by atoms with Crippen LogP contribution in [0.4, 0.5) is 0 Å². The van der Waals surface area contributed by atoms with Crippen LogP contribution in [0.1, 0.15) is 27.9 Å². The molecule has 0 atom stereocenters. The molecule has 1 heterocycles. The highest BCUT2D eigenvalue weighted by Crippen LogP contribution is 2.21.